The molecule has 0 bridgehead atoms. The molecule has 2 aromatic rings. The Morgan fingerprint density at radius 2 is 2.22 bits per heavy atom. The Bertz CT molecular complexity index is 499. The van der Waals surface area contributed by atoms with Crippen molar-refractivity contribution in [1.29, 1.82) is 0 Å². The second-order valence-electron chi connectivity index (χ2n) is 3.94. The zero-order chi connectivity index (χ0) is 12.8. The molecule has 1 N–H and O–H groups in total. The summed E-state index contributed by atoms with van der Waals surface area (Å²) in [6.07, 6.45) is 0. The predicted octanol–water partition coefficient (Wildman–Crippen LogP) is 2.76. The average molecular weight is 267 g/mol. The molecular weight excluding hydrogens is 252 g/mol. The monoisotopic (exact) mass is 266 g/mol. The summed E-state index contributed by atoms with van der Waals surface area (Å²) in [5.41, 5.74) is 1.91. The van der Waals surface area contributed by atoms with Crippen molar-refractivity contribution in [2.24, 2.45) is 0 Å². The van der Waals surface area contributed by atoms with Crippen molar-refractivity contribution >= 4 is 11.6 Å². The van der Waals surface area contributed by atoms with Gasteiger partial charge in [-0.15, -0.1) is 0 Å². The van der Waals surface area contributed by atoms with E-state index in [9.17, 15) is 0 Å². The molecule has 1 heterocycles. The van der Waals surface area contributed by atoms with Crippen LogP contribution in [0.15, 0.2) is 34.9 Å². The lowest BCUT2D eigenvalue weighted by atomic mass is 10.2. The maximum absolute atomic E-state index is 5.89. The Balaban J connectivity index is 1.81. The highest BCUT2D eigenvalue weighted by Crippen LogP contribution is 2.12. The third-order valence-electron chi connectivity index (χ3n) is 2.37. The molecule has 0 aliphatic heterocycles. The highest BCUT2D eigenvalue weighted by Gasteiger charge is 2.03. The first kappa shape index (κ1) is 13.1. The fourth-order valence-electron chi connectivity index (χ4n) is 1.58. The second-order valence-corrected chi connectivity index (χ2v) is 4.37. The van der Waals surface area contributed by atoms with Crippen LogP contribution in [0.25, 0.3) is 0 Å². The normalized spacial score (nSPS) is 10.8. The van der Waals surface area contributed by atoms with Crippen LogP contribution in [0.1, 0.15) is 17.0 Å². The van der Waals surface area contributed by atoms with Gasteiger partial charge in [0.15, 0.2) is 5.76 Å². The number of hydrogen-bond acceptors (Lipinski definition) is 4. The second kappa shape index (κ2) is 6.54. The van der Waals surface area contributed by atoms with Crippen LogP contribution >= 0.6 is 11.6 Å². The van der Waals surface area contributed by atoms with Crippen LogP contribution in [0.3, 0.4) is 0 Å². The van der Waals surface area contributed by atoms with Gasteiger partial charge in [0.2, 0.25) is 0 Å². The lowest BCUT2D eigenvalue weighted by molar-refractivity contribution is 0.0883. The predicted molar refractivity (Wildman–Crippen MR) is 69.2 cm³/mol. The van der Waals surface area contributed by atoms with Gasteiger partial charge in [-0.3, -0.25) is 0 Å². The first-order valence-corrected chi connectivity index (χ1v) is 6.07. The molecule has 4 nitrogen and oxygen atoms in total. The molecule has 1 aromatic carbocycles. The first-order valence-electron chi connectivity index (χ1n) is 5.69. The van der Waals surface area contributed by atoms with E-state index in [2.05, 4.69) is 10.5 Å². The molecule has 5 heteroatoms. The van der Waals surface area contributed by atoms with Crippen molar-refractivity contribution in [1.82, 2.24) is 10.5 Å². The molecular formula is C13H15ClN2O2. The molecule has 96 valence electrons. The van der Waals surface area contributed by atoms with Crippen molar-refractivity contribution in [3.05, 3.63) is 52.4 Å². The molecule has 0 radical (unpaired) electrons. The number of rotatable bonds is 6. The van der Waals surface area contributed by atoms with Gasteiger partial charge < -0.3 is 14.6 Å². The maximum atomic E-state index is 5.89. The highest BCUT2D eigenvalue weighted by molar-refractivity contribution is 6.30. The summed E-state index contributed by atoms with van der Waals surface area (Å²) < 4.78 is 10.7. The summed E-state index contributed by atoms with van der Waals surface area (Å²) in [7, 11) is 1.87. The van der Waals surface area contributed by atoms with E-state index in [1.807, 2.05) is 37.4 Å². The summed E-state index contributed by atoms with van der Waals surface area (Å²) in [6, 6.07) is 9.48. The Morgan fingerprint density at radius 3 is 3.00 bits per heavy atom. The average Bonchev–Trinajstić information content (AvgIpc) is 2.78. The van der Waals surface area contributed by atoms with E-state index >= 15 is 0 Å². The molecule has 0 spiro atoms. The Morgan fingerprint density at radius 1 is 1.33 bits per heavy atom. The minimum Gasteiger partial charge on any atom is -0.369 e. The smallest absolute Gasteiger partial charge is 0.162 e. The third-order valence-corrected chi connectivity index (χ3v) is 2.60. The molecule has 0 fully saturated rings. The van der Waals surface area contributed by atoms with E-state index in [1.165, 1.54) is 0 Å². The molecule has 1 aromatic heterocycles. The van der Waals surface area contributed by atoms with Crippen LogP contribution in [0.5, 0.6) is 0 Å². The zero-order valence-electron chi connectivity index (χ0n) is 10.1. The number of halogens is 1. The highest BCUT2D eigenvalue weighted by atomic mass is 35.5. The summed E-state index contributed by atoms with van der Waals surface area (Å²) in [4.78, 5) is 0. The van der Waals surface area contributed by atoms with Gasteiger partial charge in [0.25, 0.3) is 0 Å². The number of ether oxygens (including phenoxy) is 1. The molecule has 0 amide bonds. The van der Waals surface area contributed by atoms with Crippen LogP contribution in [0.4, 0.5) is 0 Å². The summed E-state index contributed by atoms with van der Waals surface area (Å²) >= 11 is 5.89. The van der Waals surface area contributed by atoms with Crippen LogP contribution in [-0.2, 0) is 24.5 Å². The minimum atomic E-state index is 0.406. The van der Waals surface area contributed by atoms with E-state index in [4.69, 9.17) is 20.9 Å². The fourth-order valence-corrected chi connectivity index (χ4v) is 1.80. The van der Waals surface area contributed by atoms with E-state index < -0.39 is 0 Å². The number of nitrogens with one attached hydrogen (secondary N) is 1. The van der Waals surface area contributed by atoms with Crippen molar-refractivity contribution in [2.75, 3.05) is 7.05 Å². The summed E-state index contributed by atoms with van der Waals surface area (Å²) in [6.45, 7) is 1.60. The Hall–Kier alpha value is -1.36. The van der Waals surface area contributed by atoms with E-state index in [1.54, 1.807) is 0 Å². The molecule has 0 aliphatic rings. The van der Waals surface area contributed by atoms with Crippen molar-refractivity contribution in [3.63, 3.8) is 0 Å². The van der Waals surface area contributed by atoms with Gasteiger partial charge in [-0.2, -0.15) is 0 Å². The van der Waals surface area contributed by atoms with Crippen molar-refractivity contribution in [3.8, 4) is 0 Å². The molecule has 18 heavy (non-hydrogen) atoms. The Kier molecular flexibility index (Phi) is 4.75. The SMILES string of the molecule is CNCc1cc(COCc2cccc(Cl)c2)on1. The first-order chi connectivity index (χ1) is 8.78. The molecule has 0 aliphatic carbocycles. The molecule has 0 saturated carbocycles. The van der Waals surface area contributed by atoms with Gasteiger partial charge in [-0.05, 0) is 24.7 Å². The maximum Gasteiger partial charge on any atom is 0.162 e. The van der Waals surface area contributed by atoms with Gasteiger partial charge in [-0.25, -0.2) is 0 Å². The van der Waals surface area contributed by atoms with Gasteiger partial charge in [-0.1, -0.05) is 28.9 Å². The van der Waals surface area contributed by atoms with E-state index in [0.717, 1.165) is 17.0 Å². The van der Waals surface area contributed by atoms with Gasteiger partial charge in [0, 0.05) is 17.6 Å². The van der Waals surface area contributed by atoms with Crippen molar-refractivity contribution < 1.29 is 9.26 Å². The molecule has 0 saturated heterocycles. The minimum absolute atomic E-state index is 0.406. The number of hydrogen-bond donors (Lipinski definition) is 1. The standard InChI is InChI=1S/C13H15ClN2O2/c1-15-7-12-6-13(18-16-12)9-17-8-10-3-2-4-11(14)5-10/h2-6,15H,7-9H2,1H3. The van der Waals surface area contributed by atoms with Gasteiger partial charge in [0.05, 0.1) is 12.3 Å². The van der Waals surface area contributed by atoms with Crippen molar-refractivity contribution in [2.45, 2.75) is 19.8 Å². The van der Waals surface area contributed by atoms with Crippen LogP contribution in [-0.4, -0.2) is 12.2 Å². The molecule has 0 atom stereocenters. The number of nitrogens with zero attached hydrogens (tertiary/aromatic N) is 1. The molecule has 2 rings (SSSR count). The molecule has 0 unspecified atom stereocenters. The van der Waals surface area contributed by atoms with Crippen LogP contribution < -0.4 is 5.32 Å². The lowest BCUT2D eigenvalue weighted by Gasteiger charge is -2.02. The quantitative estimate of drug-likeness (QED) is 0.873. The van der Waals surface area contributed by atoms with E-state index in [-0.39, 0.29) is 0 Å². The summed E-state index contributed by atoms with van der Waals surface area (Å²) in [5, 5.41) is 7.63. The van der Waals surface area contributed by atoms with Crippen LogP contribution in [0.2, 0.25) is 5.02 Å². The number of aromatic nitrogens is 1. The Labute approximate surface area is 111 Å². The lowest BCUT2D eigenvalue weighted by Crippen LogP contribution is -2.04. The van der Waals surface area contributed by atoms with E-state index in [0.29, 0.717) is 24.8 Å². The third kappa shape index (κ3) is 3.84. The summed E-state index contributed by atoms with van der Waals surface area (Å²) in [5.74, 6) is 0.724. The largest absolute Gasteiger partial charge is 0.369 e. The zero-order valence-corrected chi connectivity index (χ0v) is 10.9. The van der Waals surface area contributed by atoms with Gasteiger partial charge in [0.1, 0.15) is 6.61 Å². The van der Waals surface area contributed by atoms with Gasteiger partial charge >= 0.3 is 0 Å². The fraction of sp³-hybridized carbons (Fsp3) is 0.308. The topological polar surface area (TPSA) is 47.3 Å². The number of benzene rings is 1. The van der Waals surface area contributed by atoms with Crippen LogP contribution in [0, 0.1) is 0 Å².